The first-order valence-corrected chi connectivity index (χ1v) is 7.83. The lowest BCUT2D eigenvalue weighted by Gasteiger charge is -2.05. The number of rotatable bonds is 4. The lowest BCUT2D eigenvalue weighted by Crippen LogP contribution is -2.16. The minimum absolute atomic E-state index is 0.0811. The van der Waals surface area contributed by atoms with Crippen LogP contribution in [0, 0.1) is 12.7 Å². The average Bonchev–Trinajstić information content (AvgIpc) is 2.99. The maximum absolute atomic E-state index is 13.0. The number of anilines is 1. The van der Waals surface area contributed by atoms with Gasteiger partial charge >= 0.3 is 0 Å². The van der Waals surface area contributed by atoms with E-state index in [9.17, 15) is 14.0 Å². The van der Waals surface area contributed by atoms with E-state index < -0.39 is 11.8 Å². The smallest absolute Gasteiger partial charge is 0.295 e. The van der Waals surface area contributed by atoms with Gasteiger partial charge in [0.1, 0.15) is 11.6 Å². The van der Waals surface area contributed by atoms with E-state index in [1.54, 1.807) is 6.92 Å². The fourth-order valence-electron chi connectivity index (χ4n) is 2.29. The lowest BCUT2D eigenvalue weighted by molar-refractivity contribution is 0.0994. The Balaban J connectivity index is 1.85. The second-order valence-corrected chi connectivity index (χ2v) is 5.79. The molecule has 0 aliphatic carbocycles. The zero-order valence-electron chi connectivity index (χ0n) is 13.5. The molecule has 3 aromatic rings. The lowest BCUT2D eigenvalue weighted by atomic mass is 10.2. The van der Waals surface area contributed by atoms with Gasteiger partial charge in [0.05, 0.1) is 16.3 Å². The van der Waals surface area contributed by atoms with E-state index in [0.717, 1.165) is 0 Å². The molecule has 3 N–H and O–H groups in total. The van der Waals surface area contributed by atoms with E-state index in [0.29, 0.717) is 17.2 Å². The molecule has 3 rings (SSSR count). The minimum atomic E-state index is -0.708. The first-order valence-electron chi connectivity index (χ1n) is 7.45. The van der Waals surface area contributed by atoms with Gasteiger partial charge < -0.3 is 11.1 Å². The van der Waals surface area contributed by atoms with Crippen LogP contribution < -0.4 is 11.1 Å². The van der Waals surface area contributed by atoms with Crippen LogP contribution in [0.15, 0.2) is 42.5 Å². The summed E-state index contributed by atoms with van der Waals surface area (Å²) in [6, 6.07) is 9.97. The van der Waals surface area contributed by atoms with E-state index in [-0.39, 0.29) is 22.2 Å². The molecule has 7 nitrogen and oxygen atoms in total. The van der Waals surface area contributed by atoms with Crippen LogP contribution in [0.1, 0.15) is 26.8 Å². The van der Waals surface area contributed by atoms with E-state index in [2.05, 4.69) is 15.4 Å². The molecule has 132 valence electrons. The molecule has 0 unspecified atom stereocenters. The van der Waals surface area contributed by atoms with Gasteiger partial charge in [-0.05, 0) is 49.4 Å². The Morgan fingerprint density at radius 3 is 2.54 bits per heavy atom. The Labute approximate surface area is 152 Å². The van der Waals surface area contributed by atoms with Crippen LogP contribution in [0.3, 0.4) is 0 Å². The number of carbonyl (C=O) groups excluding carboxylic acids is 2. The number of nitrogens with one attached hydrogen (secondary N) is 1. The van der Waals surface area contributed by atoms with Crippen molar-refractivity contribution >= 4 is 29.1 Å². The number of aryl methyl sites for hydroxylation is 1. The zero-order chi connectivity index (χ0) is 18.8. The number of benzene rings is 2. The van der Waals surface area contributed by atoms with Crippen molar-refractivity contribution in [2.75, 3.05) is 5.32 Å². The molecule has 0 atom stereocenters. The summed E-state index contributed by atoms with van der Waals surface area (Å²) >= 11 is 5.88. The number of primary amides is 1. The van der Waals surface area contributed by atoms with E-state index in [1.165, 1.54) is 47.1 Å². The van der Waals surface area contributed by atoms with E-state index >= 15 is 0 Å². The summed E-state index contributed by atoms with van der Waals surface area (Å²) in [5, 5.41) is 6.90. The van der Waals surface area contributed by atoms with Crippen LogP contribution in [0.5, 0.6) is 0 Å². The Bertz CT molecular complexity index is 1000. The van der Waals surface area contributed by atoms with Crippen molar-refractivity contribution in [3.8, 4) is 5.69 Å². The van der Waals surface area contributed by atoms with Crippen LogP contribution in [0.25, 0.3) is 5.69 Å². The van der Waals surface area contributed by atoms with Crippen LogP contribution in [-0.4, -0.2) is 26.6 Å². The second kappa shape index (κ2) is 6.93. The second-order valence-electron chi connectivity index (χ2n) is 5.38. The third-order valence-electron chi connectivity index (χ3n) is 3.53. The SMILES string of the molecule is Cc1nc(C(=O)Nc2ccc(Cl)c(C(N)=O)c2)nn1-c1ccc(F)cc1. The van der Waals surface area contributed by atoms with Gasteiger partial charge in [0.15, 0.2) is 0 Å². The molecule has 2 amide bonds. The van der Waals surface area contributed by atoms with Gasteiger partial charge in [-0.15, -0.1) is 5.10 Å². The van der Waals surface area contributed by atoms with Crippen molar-refractivity contribution < 1.29 is 14.0 Å². The number of halogens is 2. The summed E-state index contributed by atoms with van der Waals surface area (Å²) in [4.78, 5) is 27.8. The van der Waals surface area contributed by atoms with Crippen molar-refractivity contribution in [2.24, 2.45) is 5.73 Å². The topological polar surface area (TPSA) is 103 Å². The molecule has 1 heterocycles. The van der Waals surface area contributed by atoms with Gasteiger partial charge in [0.25, 0.3) is 5.91 Å². The van der Waals surface area contributed by atoms with Crippen LogP contribution in [0.4, 0.5) is 10.1 Å². The molecule has 0 saturated heterocycles. The summed E-state index contributed by atoms with van der Waals surface area (Å²) in [6.45, 7) is 1.67. The van der Waals surface area contributed by atoms with Crippen LogP contribution in [-0.2, 0) is 0 Å². The predicted octanol–water partition coefficient (Wildman–Crippen LogP) is 2.72. The van der Waals surface area contributed by atoms with Crippen molar-refractivity contribution in [3.63, 3.8) is 0 Å². The predicted molar refractivity (Wildman–Crippen MR) is 94.0 cm³/mol. The van der Waals surface area contributed by atoms with E-state index in [1.807, 2.05) is 0 Å². The normalized spacial score (nSPS) is 10.6. The van der Waals surface area contributed by atoms with Gasteiger partial charge in [-0.1, -0.05) is 11.6 Å². The zero-order valence-corrected chi connectivity index (χ0v) is 14.3. The minimum Gasteiger partial charge on any atom is -0.366 e. The molecule has 0 spiro atoms. The van der Waals surface area contributed by atoms with Crippen molar-refractivity contribution in [3.05, 3.63) is 70.5 Å². The summed E-state index contributed by atoms with van der Waals surface area (Å²) < 4.78 is 14.5. The fraction of sp³-hybridized carbons (Fsp3) is 0.0588. The highest BCUT2D eigenvalue weighted by Gasteiger charge is 2.16. The number of aromatic nitrogens is 3. The molecule has 9 heteroatoms. The average molecular weight is 374 g/mol. The summed E-state index contributed by atoms with van der Waals surface area (Å²) in [6.07, 6.45) is 0. The molecule has 0 radical (unpaired) electrons. The van der Waals surface area contributed by atoms with Crippen molar-refractivity contribution in [1.82, 2.24) is 14.8 Å². The summed E-state index contributed by atoms with van der Waals surface area (Å²) in [5.74, 6) is -1.29. The molecule has 0 bridgehead atoms. The Morgan fingerprint density at radius 2 is 1.88 bits per heavy atom. The van der Waals surface area contributed by atoms with Gasteiger partial charge in [-0.2, -0.15) is 0 Å². The molecule has 0 saturated carbocycles. The summed E-state index contributed by atoms with van der Waals surface area (Å²) in [7, 11) is 0. The molecular weight excluding hydrogens is 361 g/mol. The molecule has 0 aliphatic heterocycles. The third kappa shape index (κ3) is 3.55. The van der Waals surface area contributed by atoms with Crippen molar-refractivity contribution in [1.29, 1.82) is 0 Å². The first kappa shape index (κ1) is 17.6. The number of amides is 2. The molecule has 2 aromatic carbocycles. The number of hydrogen-bond donors (Lipinski definition) is 2. The highest BCUT2D eigenvalue weighted by atomic mass is 35.5. The highest BCUT2D eigenvalue weighted by molar-refractivity contribution is 6.34. The maximum Gasteiger partial charge on any atom is 0.295 e. The van der Waals surface area contributed by atoms with Crippen LogP contribution in [0.2, 0.25) is 5.02 Å². The van der Waals surface area contributed by atoms with Crippen LogP contribution >= 0.6 is 11.6 Å². The first-order chi connectivity index (χ1) is 12.3. The molecule has 1 aromatic heterocycles. The number of nitrogens with two attached hydrogens (primary N) is 1. The van der Waals surface area contributed by atoms with Gasteiger partial charge in [0, 0.05) is 5.69 Å². The molecule has 0 aliphatic rings. The van der Waals surface area contributed by atoms with Crippen molar-refractivity contribution in [2.45, 2.75) is 6.92 Å². The molecule has 26 heavy (non-hydrogen) atoms. The van der Waals surface area contributed by atoms with Gasteiger partial charge in [0.2, 0.25) is 11.7 Å². The van der Waals surface area contributed by atoms with Gasteiger partial charge in [-0.25, -0.2) is 14.1 Å². The Morgan fingerprint density at radius 1 is 1.19 bits per heavy atom. The summed E-state index contributed by atoms with van der Waals surface area (Å²) in [5.41, 5.74) is 6.21. The molecular formula is C17H13ClFN5O2. The van der Waals surface area contributed by atoms with E-state index in [4.69, 9.17) is 17.3 Å². The number of carbonyl (C=O) groups is 2. The standard InChI is InChI=1S/C17H13ClFN5O2/c1-9-21-16(23-24(9)12-5-2-10(19)3-6-12)17(26)22-11-4-7-14(18)13(8-11)15(20)25/h2-8H,1H3,(H2,20,25)(H,22,26). The number of nitrogens with zero attached hydrogens (tertiary/aromatic N) is 3. The molecule has 0 fully saturated rings. The fourth-order valence-corrected chi connectivity index (χ4v) is 2.50. The maximum atomic E-state index is 13.0. The number of hydrogen-bond acceptors (Lipinski definition) is 4. The Kier molecular flexibility index (Phi) is 4.68. The quantitative estimate of drug-likeness (QED) is 0.733. The third-order valence-corrected chi connectivity index (χ3v) is 3.86. The Hall–Kier alpha value is -3.26. The monoisotopic (exact) mass is 373 g/mol. The van der Waals surface area contributed by atoms with Gasteiger partial charge in [-0.3, -0.25) is 9.59 Å². The largest absolute Gasteiger partial charge is 0.366 e. The highest BCUT2D eigenvalue weighted by Crippen LogP contribution is 2.20.